The number of benzene rings is 1. The van der Waals surface area contributed by atoms with Crippen molar-refractivity contribution in [1.82, 2.24) is 15.0 Å². The van der Waals surface area contributed by atoms with E-state index in [1.54, 1.807) is 0 Å². The van der Waals surface area contributed by atoms with Crippen molar-refractivity contribution in [2.45, 2.75) is 0 Å². The second-order valence-electron chi connectivity index (χ2n) is 2.80. The van der Waals surface area contributed by atoms with Gasteiger partial charge in [-0.15, -0.1) is 5.10 Å². The number of rotatable bonds is 2. The zero-order valence-corrected chi connectivity index (χ0v) is 7.39. The Morgan fingerprint density at radius 3 is 2.67 bits per heavy atom. The van der Waals surface area contributed by atoms with Gasteiger partial charge in [0.05, 0.1) is 11.9 Å². The lowest BCUT2D eigenvalue weighted by atomic mass is 10.3. The predicted octanol–water partition coefficient (Wildman–Crippen LogP) is 1.36. The van der Waals surface area contributed by atoms with Gasteiger partial charge in [-0.3, -0.25) is 4.79 Å². The number of halogens is 2. The number of carbonyl (C=O) groups excluding carboxylic acids is 1. The molecule has 2 rings (SSSR count). The molecule has 0 unspecified atom stereocenters. The molecule has 0 atom stereocenters. The molecule has 4 nitrogen and oxygen atoms in total. The Balaban J connectivity index is 2.44. The number of nitrogens with zero attached hydrogens (tertiary/aromatic N) is 3. The zero-order chi connectivity index (χ0) is 10.8. The van der Waals surface area contributed by atoms with Crippen LogP contribution in [0.5, 0.6) is 0 Å². The quantitative estimate of drug-likeness (QED) is 0.701. The molecule has 0 amide bonds. The van der Waals surface area contributed by atoms with Crippen LogP contribution in [0.25, 0.3) is 5.69 Å². The average Bonchev–Trinajstić information content (AvgIpc) is 2.70. The maximum Gasteiger partial charge on any atom is 0.171 e. The molecule has 1 heterocycles. The van der Waals surface area contributed by atoms with Crippen molar-refractivity contribution in [3.63, 3.8) is 0 Å². The molecule has 0 aliphatic carbocycles. The van der Waals surface area contributed by atoms with E-state index in [1.165, 1.54) is 16.9 Å². The highest BCUT2D eigenvalue weighted by Gasteiger charge is 2.05. The van der Waals surface area contributed by atoms with E-state index >= 15 is 0 Å². The van der Waals surface area contributed by atoms with Gasteiger partial charge in [0, 0.05) is 6.07 Å². The van der Waals surface area contributed by atoms with Crippen LogP contribution < -0.4 is 0 Å². The first kappa shape index (κ1) is 9.45. The van der Waals surface area contributed by atoms with Crippen LogP contribution in [-0.2, 0) is 0 Å². The van der Waals surface area contributed by atoms with Crippen LogP contribution in [0.2, 0.25) is 0 Å². The second kappa shape index (κ2) is 3.56. The van der Waals surface area contributed by atoms with Gasteiger partial charge in [0.1, 0.15) is 5.69 Å². The van der Waals surface area contributed by atoms with Crippen molar-refractivity contribution >= 4 is 6.29 Å². The van der Waals surface area contributed by atoms with E-state index in [-0.39, 0.29) is 5.69 Å². The Hall–Kier alpha value is -2.11. The molecule has 0 aliphatic rings. The summed E-state index contributed by atoms with van der Waals surface area (Å²) in [5, 5.41) is 7.07. The third kappa shape index (κ3) is 1.74. The molecular weight excluding hydrogens is 204 g/mol. The van der Waals surface area contributed by atoms with Gasteiger partial charge in [-0.25, -0.2) is 13.5 Å². The first-order chi connectivity index (χ1) is 7.20. The van der Waals surface area contributed by atoms with E-state index in [2.05, 4.69) is 10.3 Å². The van der Waals surface area contributed by atoms with Crippen molar-refractivity contribution in [2.24, 2.45) is 0 Å². The Morgan fingerprint density at radius 1 is 1.27 bits per heavy atom. The first-order valence-electron chi connectivity index (χ1n) is 4.03. The Morgan fingerprint density at radius 2 is 2.07 bits per heavy atom. The number of aromatic nitrogens is 3. The molecule has 0 saturated heterocycles. The Labute approximate surface area is 83.1 Å². The number of aldehydes is 1. The van der Waals surface area contributed by atoms with Crippen LogP contribution in [0.4, 0.5) is 8.78 Å². The highest BCUT2D eigenvalue weighted by molar-refractivity contribution is 5.70. The van der Waals surface area contributed by atoms with Crippen LogP contribution in [0.15, 0.2) is 24.4 Å². The lowest BCUT2D eigenvalue weighted by Gasteiger charge is -1.99. The molecule has 0 fully saturated rings. The third-order valence-electron chi connectivity index (χ3n) is 1.80. The minimum absolute atomic E-state index is 0.125. The topological polar surface area (TPSA) is 47.8 Å². The monoisotopic (exact) mass is 209 g/mol. The largest absolute Gasteiger partial charge is 0.296 e. The van der Waals surface area contributed by atoms with Gasteiger partial charge >= 0.3 is 0 Å². The molecule has 0 N–H and O–H groups in total. The molecule has 0 saturated carbocycles. The van der Waals surface area contributed by atoms with Gasteiger partial charge in [0.25, 0.3) is 0 Å². The molecule has 0 bridgehead atoms. The molecular formula is C9H5F2N3O. The van der Waals surface area contributed by atoms with E-state index in [9.17, 15) is 13.6 Å². The van der Waals surface area contributed by atoms with E-state index in [0.29, 0.717) is 12.0 Å². The fraction of sp³-hybridized carbons (Fsp3) is 0. The molecule has 0 radical (unpaired) electrons. The van der Waals surface area contributed by atoms with Crippen molar-refractivity contribution in [3.05, 3.63) is 41.7 Å². The van der Waals surface area contributed by atoms with Crippen LogP contribution >= 0.6 is 0 Å². The van der Waals surface area contributed by atoms with Gasteiger partial charge in [-0.2, -0.15) is 0 Å². The zero-order valence-electron chi connectivity index (χ0n) is 7.39. The van der Waals surface area contributed by atoms with Crippen LogP contribution in [0.1, 0.15) is 10.5 Å². The SMILES string of the molecule is O=Cc1cn(-c2ccc(F)c(F)c2)nn1. The summed E-state index contributed by atoms with van der Waals surface area (Å²) in [7, 11) is 0. The van der Waals surface area contributed by atoms with Crippen molar-refractivity contribution < 1.29 is 13.6 Å². The molecule has 0 spiro atoms. The second-order valence-corrected chi connectivity index (χ2v) is 2.80. The van der Waals surface area contributed by atoms with Gasteiger partial charge in [-0.1, -0.05) is 5.21 Å². The lowest BCUT2D eigenvalue weighted by Crippen LogP contribution is -1.96. The van der Waals surface area contributed by atoms with Crippen molar-refractivity contribution in [2.75, 3.05) is 0 Å². The molecule has 1 aromatic heterocycles. The normalized spacial score (nSPS) is 10.3. The van der Waals surface area contributed by atoms with E-state index in [4.69, 9.17) is 0 Å². The summed E-state index contributed by atoms with van der Waals surface area (Å²) in [4.78, 5) is 10.3. The van der Waals surface area contributed by atoms with Gasteiger partial charge in [0.15, 0.2) is 17.9 Å². The summed E-state index contributed by atoms with van der Waals surface area (Å²) >= 11 is 0. The smallest absolute Gasteiger partial charge is 0.171 e. The number of hydrogen-bond acceptors (Lipinski definition) is 3. The van der Waals surface area contributed by atoms with E-state index < -0.39 is 11.6 Å². The van der Waals surface area contributed by atoms with Crippen molar-refractivity contribution in [3.8, 4) is 5.69 Å². The minimum atomic E-state index is -0.976. The summed E-state index contributed by atoms with van der Waals surface area (Å²) in [6, 6.07) is 3.28. The molecule has 76 valence electrons. The standard InChI is InChI=1S/C9H5F2N3O/c10-8-2-1-7(3-9(8)11)14-4-6(5-15)12-13-14/h1-5H. The van der Waals surface area contributed by atoms with Gasteiger partial charge in [-0.05, 0) is 12.1 Å². The van der Waals surface area contributed by atoms with Crippen LogP contribution in [0.3, 0.4) is 0 Å². The van der Waals surface area contributed by atoms with E-state index in [1.807, 2.05) is 0 Å². The maximum atomic E-state index is 12.8. The molecule has 6 heteroatoms. The summed E-state index contributed by atoms with van der Waals surface area (Å²) in [6.45, 7) is 0. The third-order valence-corrected chi connectivity index (χ3v) is 1.80. The van der Waals surface area contributed by atoms with Crippen molar-refractivity contribution in [1.29, 1.82) is 0 Å². The highest BCUT2D eigenvalue weighted by Crippen LogP contribution is 2.11. The Kier molecular flexibility index (Phi) is 2.24. The molecule has 2 aromatic rings. The predicted molar refractivity (Wildman–Crippen MR) is 46.7 cm³/mol. The minimum Gasteiger partial charge on any atom is -0.296 e. The summed E-state index contributed by atoms with van der Waals surface area (Å²) in [5.41, 5.74) is 0.425. The van der Waals surface area contributed by atoms with E-state index in [0.717, 1.165) is 12.1 Å². The summed E-state index contributed by atoms with van der Waals surface area (Å²) in [5.74, 6) is -1.91. The van der Waals surface area contributed by atoms with Gasteiger partial charge < -0.3 is 0 Å². The maximum absolute atomic E-state index is 12.8. The number of carbonyl (C=O) groups is 1. The highest BCUT2D eigenvalue weighted by atomic mass is 19.2. The van der Waals surface area contributed by atoms with Crippen LogP contribution in [-0.4, -0.2) is 21.3 Å². The first-order valence-corrected chi connectivity index (χ1v) is 4.03. The Bertz CT molecular complexity index is 510. The fourth-order valence-electron chi connectivity index (χ4n) is 1.08. The average molecular weight is 209 g/mol. The van der Waals surface area contributed by atoms with Crippen LogP contribution in [0, 0.1) is 11.6 Å². The number of hydrogen-bond donors (Lipinski definition) is 0. The lowest BCUT2D eigenvalue weighted by molar-refractivity contribution is 0.111. The fourth-order valence-corrected chi connectivity index (χ4v) is 1.08. The molecule has 0 aliphatic heterocycles. The molecule has 1 aromatic carbocycles. The van der Waals surface area contributed by atoms with Gasteiger partial charge in [0.2, 0.25) is 0 Å². The molecule has 15 heavy (non-hydrogen) atoms. The summed E-state index contributed by atoms with van der Waals surface area (Å²) < 4.78 is 26.6. The summed E-state index contributed by atoms with van der Waals surface area (Å²) in [6.07, 6.45) is 1.84.